The van der Waals surface area contributed by atoms with E-state index in [1.54, 1.807) is 11.3 Å². The van der Waals surface area contributed by atoms with Crippen LogP contribution in [0.2, 0.25) is 0 Å². The average Bonchev–Trinajstić information content (AvgIpc) is 2.71. The van der Waals surface area contributed by atoms with Gasteiger partial charge in [0.1, 0.15) is 0 Å². The van der Waals surface area contributed by atoms with Crippen LogP contribution in [0.4, 0.5) is 0 Å². The lowest BCUT2D eigenvalue weighted by atomic mass is 10.2. The molecule has 0 amide bonds. The fourth-order valence-electron chi connectivity index (χ4n) is 1.43. The number of likely N-dealkylation sites (N-methyl/N-ethyl adjacent to an activating group) is 1. The van der Waals surface area contributed by atoms with Crippen molar-refractivity contribution in [3.8, 4) is 0 Å². The van der Waals surface area contributed by atoms with Gasteiger partial charge in [0, 0.05) is 30.1 Å². The van der Waals surface area contributed by atoms with E-state index in [1.165, 1.54) is 4.88 Å². The molecular formula is C11H20N2OS. The predicted octanol–water partition coefficient (Wildman–Crippen LogP) is 2.09. The summed E-state index contributed by atoms with van der Waals surface area (Å²) in [4.78, 5) is 5.40. The van der Waals surface area contributed by atoms with Crippen LogP contribution in [0.25, 0.3) is 0 Å². The molecule has 1 atom stereocenters. The topological polar surface area (TPSA) is 34.1 Å². The van der Waals surface area contributed by atoms with Crippen molar-refractivity contribution in [1.29, 1.82) is 0 Å². The van der Waals surface area contributed by atoms with Gasteiger partial charge in [-0.1, -0.05) is 13.8 Å². The van der Waals surface area contributed by atoms with Crippen molar-refractivity contribution < 1.29 is 4.74 Å². The molecule has 1 N–H and O–H groups in total. The van der Waals surface area contributed by atoms with Gasteiger partial charge in [-0.25, -0.2) is 0 Å². The second-order valence-electron chi connectivity index (χ2n) is 3.50. The Bertz CT molecular complexity index is 239. The number of nitrogens with zero attached hydrogens (tertiary/aromatic N) is 1. The minimum Gasteiger partial charge on any atom is -0.380 e. The minimum absolute atomic E-state index is 0.419. The van der Waals surface area contributed by atoms with Crippen molar-refractivity contribution >= 4 is 11.3 Å². The van der Waals surface area contributed by atoms with E-state index in [9.17, 15) is 0 Å². The fourth-order valence-corrected chi connectivity index (χ4v) is 2.11. The van der Waals surface area contributed by atoms with Gasteiger partial charge in [-0.05, 0) is 13.0 Å². The van der Waals surface area contributed by atoms with Crippen molar-refractivity contribution in [3.05, 3.63) is 16.6 Å². The van der Waals surface area contributed by atoms with Gasteiger partial charge >= 0.3 is 0 Å². The smallest absolute Gasteiger partial charge is 0.0794 e. The SMILES string of the molecule is CCCOCC(Cc1cncs1)NCC. The van der Waals surface area contributed by atoms with E-state index in [0.29, 0.717) is 6.04 Å². The van der Waals surface area contributed by atoms with Crippen LogP contribution in [0.15, 0.2) is 11.7 Å². The lowest BCUT2D eigenvalue weighted by Crippen LogP contribution is -2.35. The number of aromatic nitrogens is 1. The quantitative estimate of drug-likeness (QED) is 0.692. The molecule has 1 unspecified atom stereocenters. The highest BCUT2D eigenvalue weighted by Crippen LogP contribution is 2.09. The fraction of sp³-hybridized carbons (Fsp3) is 0.727. The zero-order valence-corrected chi connectivity index (χ0v) is 10.3. The van der Waals surface area contributed by atoms with Gasteiger partial charge in [-0.15, -0.1) is 11.3 Å². The molecule has 1 aromatic heterocycles. The molecule has 0 aliphatic carbocycles. The number of hydrogen-bond donors (Lipinski definition) is 1. The number of hydrogen-bond acceptors (Lipinski definition) is 4. The maximum Gasteiger partial charge on any atom is 0.0794 e. The molecule has 0 radical (unpaired) electrons. The molecule has 86 valence electrons. The Balaban J connectivity index is 2.29. The highest BCUT2D eigenvalue weighted by molar-refractivity contribution is 7.09. The molecule has 4 heteroatoms. The number of nitrogens with one attached hydrogen (secondary N) is 1. The molecule has 1 heterocycles. The summed E-state index contributed by atoms with van der Waals surface area (Å²) in [6, 6.07) is 0.419. The highest BCUT2D eigenvalue weighted by Gasteiger charge is 2.09. The van der Waals surface area contributed by atoms with Crippen molar-refractivity contribution in [3.63, 3.8) is 0 Å². The Morgan fingerprint density at radius 2 is 2.40 bits per heavy atom. The van der Waals surface area contributed by atoms with Gasteiger partial charge in [-0.2, -0.15) is 0 Å². The van der Waals surface area contributed by atoms with Crippen LogP contribution in [0.5, 0.6) is 0 Å². The van der Waals surface area contributed by atoms with Crippen LogP contribution >= 0.6 is 11.3 Å². The monoisotopic (exact) mass is 228 g/mol. The third-order valence-corrected chi connectivity index (χ3v) is 2.89. The third kappa shape index (κ3) is 5.25. The Kier molecular flexibility index (Phi) is 6.55. The Morgan fingerprint density at radius 1 is 1.53 bits per heavy atom. The zero-order chi connectivity index (χ0) is 10.9. The first-order valence-electron chi connectivity index (χ1n) is 5.55. The molecule has 0 aliphatic heterocycles. The van der Waals surface area contributed by atoms with Crippen LogP contribution in [-0.2, 0) is 11.2 Å². The first-order chi connectivity index (χ1) is 7.36. The lowest BCUT2D eigenvalue weighted by molar-refractivity contribution is 0.112. The number of thiazole rings is 1. The molecule has 0 bridgehead atoms. The summed E-state index contributed by atoms with van der Waals surface area (Å²) in [6.07, 6.45) is 4.04. The van der Waals surface area contributed by atoms with Crippen molar-refractivity contribution in [2.75, 3.05) is 19.8 Å². The van der Waals surface area contributed by atoms with Crippen molar-refractivity contribution in [2.45, 2.75) is 32.7 Å². The average molecular weight is 228 g/mol. The first-order valence-corrected chi connectivity index (χ1v) is 6.43. The van der Waals surface area contributed by atoms with Gasteiger partial charge in [0.2, 0.25) is 0 Å². The Labute approximate surface area is 95.9 Å². The minimum atomic E-state index is 0.419. The summed E-state index contributed by atoms with van der Waals surface area (Å²) >= 11 is 1.71. The molecule has 0 spiro atoms. The predicted molar refractivity (Wildman–Crippen MR) is 64.4 cm³/mol. The van der Waals surface area contributed by atoms with Crippen LogP contribution in [0.1, 0.15) is 25.1 Å². The number of ether oxygens (including phenoxy) is 1. The second kappa shape index (κ2) is 7.79. The Hall–Kier alpha value is -0.450. The van der Waals surface area contributed by atoms with E-state index in [1.807, 2.05) is 11.7 Å². The van der Waals surface area contributed by atoms with E-state index >= 15 is 0 Å². The summed E-state index contributed by atoms with van der Waals surface area (Å²) < 4.78 is 5.57. The van der Waals surface area contributed by atoms with E-state index in [2.05, 4.69) is 24.1 Å². The van der Waals surface area contributed by atoms with Crippen LogP contribution < -0.4 is 5.32 Å². The molecular weight excluding hydrogens is 208 g/mol. The summed E-state index contributed by atoms with van der Waals surface area (Å²) in [5, 5.41) is 3.43. The third-order valence-electron chi connectivity index (χ3n) is 2.09. The van der Waals surface area contributed by atoms with Gasteiger partial charge in [0.05, 0.1) is 12.1 Å². The maximum absolute atomic E-state index is 5.57. The molecule has 0 aromatic carbocycles. The van der Waals surface area contributed by atoms with E-state index in [0.717, 1.165) is 32.6 Å². The lowest BCUT2D eigenvalue weighted by Gasteiger charge is -2.16. The highest BCUT2D eigenvalue weighted by atomic mass is 32.1. The van der Waals surface area contributed by atoms with Crippen LogP contribution in [-0.4, -0.2) is 30.8 Å². The molecule has 0 fully saturated rings. The second-order valence-corrected chi connectivity index (χ2v) is 4.47. The van der Waals surface area contributed by atoms with E-state index < -0.39 is 0 Å². The van der Waals surface area contributed by atoms with Gasteiger partial charge in [0.15, 0.2) is 0 Å². The van der Waals surface area contributed by atoms with Gasteiger partial charge in [-0.3, -0.25) is 4.98 Å². The molecule has 0 aliphatic rings. The van der Waals surface area contributed by atoms with Gasteiger partial charge < -0.3 is 10.1 Å². The van der Waals surface area contributed by atoms with E-state index in [-0.39, 0.29) is 0 Å². The molecule has 0 saturated carbocycles. The number of rotatable bonds is 8. The molecule has 1 aromatic rings. The molecule has 0 saturated heterocycles. The van der Waals surface area contributed by atoms with E-state index in [4.69, 9.17) is 4.74 Å². The van der Waals surface area contributed by atoms with Gasteiger partial charge in [0.25, 0.3) is 0 Å². The zero-order valence-electron chi connectivity index (χ0n) is 9.53. The summed E-state index contributed by atoms with van der Waals surface area (Å²) in [5.74, 6) is 0. The molecule has 15 heavy (non-hydrogen) atoms. The van der Waals surface area contributed by atoms with Crippen LogP contribution in [0.3, 0.4) is 0 Å². The largest absolute Gasteiger partial charge is 0.380 e. The Morgan fingerprint density at radius 3 is 3.00 bits per heavy atom. The molecule has 1 rings (SSSR count). The van der Waals surface area contributed by atoms with Crippen molar-refractivity contribution in [2.24, 2.45) is 0 Å². The van der Waals surface area contributed by atoms with Crippen LogP contribution in [0, 0.1) is 0 Å². The summed E-state index contributed by atoms with van der Waals surface area (Å²) in [7, 11) is 0. The standard InChI is InChI=1S/C11H20N2OS/c1-3-5-14-8-10(13-4-2)6-11-7-12-9-15-11/h7,9-10,13H,3-6,8H2,1-2H3. The summed E-state index contributed by atoms with van der Waals surface area (Å²) in [5.41, 5.74) is 1.88. The maximum atomic E-state index is 5.57. The summed E-state index contributed by atoms with van der Waals surface area (Å²) in [6.45, 7) is 6.88. The normalized spacial score (nSPS) is 12.9. The molecule has 3 nitrogen and oxygen atoms in total. The first kappa shape index (κ1) is 12.6. The van der Waals surface area contributed by atoms with Crippen molar-refractivity contribution in [1.82, 2.24) is 10.3 Å².